The van der Waals surface area contributed by atoms with Crippen molar-refractivity contribution >= 4 is 29.1 Å². The fourth-order valence-corrected chi connectivity index (χ4v) is 2.70. The fourth-order valence-electron chi connectivity index (χ4n) is 2.15. The maximum atomic E-state index is 12.1. The Labute approximate surface area is 130 Å². The summed E-state index contributed by atoms with van der Waals surface area (Å²) in [6.45, 7) is 2.33. The number of aromatic nitrogens is 3. The first-order valence-electron chi connectivity index (χ1n) is 6.32. The monoisotopic (exact) mass is 326 g/mol. The zero-order valence-corrected chi connectivity index (χ0v) is 12.6. The summed E-state index contributed by atoms with van der Waals surface area (Å²) in [6, 6.07) is 5.11. The molecule has 2 heterocycles. The number of amides is 1. The molecule has 0 radical (unpaired) electrons. The molecular formula is C13H12Cl2N4O2. The van der Waals surface area contributed by atoms with Gasteiger partial charge in [0.15, 0.2) is 0 Å². The van der Waals surface area contributed by atoms with Crippen LogP contribution in [0.1, 0.15) is 16.4 Å². The normalized spacial score (nSPS) is 15.1. The standard InChI is InChI=1S/C13H12Cl2N4O2/c1-7-16-12(13(21)18-5-8(20)6-18)17-19(7)11-9(14)3-2-4-10(11)15/h2-4,8,20H,5-6H2,1H3. The van der Waals surface area contributed by atoms with E-state index in [1.807, 2.05) is 0 Å². The van der Waals surface area contributed by atoms with Crippen LogP contribution in [0.5, 0.6) is 0 Å². The van der Waals surface area contributed by atoms with E-state index in [2.05, 4.69) is 10.1 Å². The van der Waals surface area contributed by atoms with Crippen LogP contribution in [0.4, 0.5) is 0 Å². The third kappa shape index (κ3) is 2.50. The van der Waals surface area contributed by atoms with Crippen molar-refractivity contribution in [2.24, 2.45) is 0 Å². The number of nitrogens with zero attached hydrogens (tertiary/aromatic N) is 4. The second-order valence-corrected chi connectivity index (χ2v) is 5.64. The minimum atomic E-state index is -0.463. The van der Waals surface area contributed by atoms with Gasteiger partial charge >= 0.3 is 0 Å². The second-order valence-electron chi connectivity index (χ2n) is 4.83. The second kappa shape index (κ2) is 5.29. The van der Waals surface area contributed by atoms with Crippen LogP contribution in [0.15, 0.2) is 18.2 Å². The highest BCUT2D eigenvalue weighted by Gasteiger charge is 2.32. The molecule has 1 N–H and O–H groups in total. The van der Waals surface area contributed by atoms with Crippen LogP contribution in [0.25, 0.3) is 5.69 Å². The Bertz CT molecular complexity index is 690. The molecule has 110 valence electrons. The van der Waals surface area contributed by atoms with E-state index >= 15 is 0 Å². The van der Waals surface area contributed by atoms with Gasteiger partial charge in [0.05, 0.1) is 16.1 Å². The Morgan fingerprint density at radius 1 is 1.33 bits per heavy atom. The summed E-state index contributed by atoms with van der Waals surface area (Å²) in [5, 5.41) is 14.3. The number of para-hydroxylation sites is 1. The minimum Gasteiger partial charge on any atom is -0.389 e. The molecule has 2 aromatic rings. The van der Waals surface area contributed by atoms with Gasteiger partial charge in [0, 0.05) is 13.1 Å². The van der Waals surface area contributed by atoms with E-state index in [-0.39, 0.29) is 11.7 Å². The van der Waals surface area contributed by atoms with E-state index < -0.39 is 6.10 Å². The number of aliphatic hydroxyl groups excluding tert-OH is 1. The van der Waals surface area contributed by atoms with Crippen LogP contribution in [0.3, 0.4) is 0 Å². The summed E-state index contributed by atoms with van der Waals surface area (Å²) in [5.74, 6) is 0.259. The molecule has 1 aromatic heterocycles. The average molecular weight is 327 g/mol. The molecule has 6 nitrogen and oxygen atoms in total. The summed E-state index contributed by atoms with van der Waals surface area (Å²) in [5.41, 5.74) is 0.494. The highest BCUT2D eigenvalue weighted by Crippen LogP contribution is 2.28. The Balaban J connectivity index is 1.97. The number of β-amino-alcohol motifs (C(OH)–C–C–N with tert-alkyl or cyclic N) is 1. The molecule has 21 heavy (non-hydrogen) atoms. The Morgan fingerprint density at radius 3 is 2.52 bits per heavy atom. The molecule has 1 aromatic carbocycles. The van der Waals surface area contributed by atoms with Crippen LogP contribution in [0.2, 0.25) is 10.0 Å². The largest absolute Gasteiger partial charge is 0.389 e. The number of benzene rings is 1. The number of aryl methyl sites for hydroxylation is 1. The molecule has 1 fully saturated rings. The molecule has 0 unspecified atom stereocenters. The van der Waals surface area contributed by atoms with Crippen molar-refractivity contribution in [2.45, 2.75) is 13.0 Å². The topological polar surface area (TPSA) is 71.2 Å². The van der Waals surface area contributed by atoms with Gasteiger partial charge in [0.25, 0.3) is 5.91 Å². The van der Waals surface area contributed by atoms with Gasteiger partial charge in [-0.1, -0.05) is 29.3 Å². The molecule has 1 aliphatic rings. The van der Waals surface area contributed by atoms with Crippen molar-refractivity contribution in [1.29, 1.82) is 0 Å². The molecule has 1 amide bonds. The zero-order chi connectivity index (χ0) is 15.1. The van der Waals surface area contributed by atoms with Gasteiger partial charge in [-0.2, -0.15) is 0 Å². The number of halogens is 2. The fraction of sp³-hybridized carbons (Fsp3) is 0.308. The molecule has 3 rings (SSSR count). The molecular weight excluding hydrogens is 315 g/mol. The van der Waals surface area contributed by atoms with Crippen molar-refractivity contribution in [3.8, 4) is 5.69 Å². The molecule has 0 saturated carbocycles. The summed E-state index contributed by atoms with van der Waals surface area (Å²) in [6.07, 6.45) is -0.463. The van der Waals surface area contributed by atoms with Gasteiger partial charge in [-0.25, -0.2) is 9.67 Å². The van der Waals surface area contributed by atoms with Crippen LogP contribution in [0, 0.1) is 6.92 Å². The Morgan fingerprint density at radius 2 is 1.95 bits per heavy atom. The molecule has 0 spiro atoms. The third-order valence-electron chi connectivity index (χ3n) is 3.26. The lowest BCUT2D eigenvalue weighted by Gasteiger charge is -2.34. The Kier molecular flexibility index (Phi) is 3.61. The maximum Gasteiger partial charge on any atom is 0.293 e. The number of likely N-dealkylation sites (tertiary alicyclic amines) is 1. The van der Waals surface area contributed by atoms with Crippen molar-refractivity contribution in [3.63, 3.8) is 0 Å². The average Bonchev–Trinajstić information content (AvgIpc) is 2.76. The van der Waals surface area contributed by atoms with E-state index in [1.54, 1.807) is 25.1 Å². The van der Waals surface area contributed by atoms with Crippen LogP contribution in [-0.4, -0.2) is 49.9 Å². The number of carbonyl (C=O) groups is 1. The van der Waals surface area contributed by atoms with Crippen LogP contribution < -0.4 is 0 Å². The summed E-state index contributed by atoms with van der Waals surface area (Å²) >= 11 is 12.3. The molecule has 1 saturated heterocycles. The van der Waals surface area contributed by atoms with Gasteiger partial charge in [0.2, 0.25) is 5.82 Å². The molecule has 1 aliphatic heterocycles. The van der Waals surface area contributed by atoms with Gasteiger partial charge < -0.3 is 10.0 Å². The van der Waals surface area contributed by atoms with Gasteiger partial charge in [0.1, 0.15) is 11.5 Å². The lowest BCUT2D eigenvalue weighted by Crippen LogP contribution is -2.53. The van der Waals surface area contributed by atoms with Gasteiger partial charge in [-0.05, 0) is 19.1 Å². The number of rotatable bonds is 2. The first-order chi connectivity index (χ1) is 9.97. The first-order valence-corrected chi connectivity index (χ1v) is 7.08. The quantitative estimate of drug-likeness (QED) is 0.911. The predicted octanol–water partition coefficient (Wildman–Crippen LogP) is 1.70. The number of aliphatic hydroxyl groups is 1. The van der Waals surface area contributed by atoms with E-state index in [0.717, 1.165) is 0 Å². The molecule has 0 atom stereocenters. The van der Waals surface area contributed by atoms with Crippen LogP contribution >= 0.6 is 23.2 Å². The van der Waals surface area contributed by atoms with Crippen molar-refractivity contribution in [3.05, 3.63) is 39.9 Å². The molecule has 0 bridgehead atoms. The summed E-state index contributed by atoms with van der Waals surface area (Å²) in [4.78, 5) is 17.8. The summed E-state index contributed by atoms with van der Waals surface area (Å²) in [7, 11) is 0. The highest BCUT2D eigenvalue weighted by atomic mass is 35.5. The first kappa shape index (κ1) is 14.3. The van der Waals surface area contributed by atoms with Gasteiger partial charge in [-0.15, -0.1) is 5.10 Å². The lowest BCUT2D eigenvalue weighted by atomic mass is 10.2. The van der Waals surface area contributed by atoms with Crippen molar-refractivity contribution < 1.29 is 9.90 Å². The highest BCUT2D eigenvalue weighted by molar-refractivity contribution is 6.37. The lowest BCUT2D eigenvalue weighted by molar-refractivity contribution is 0.00508. The van der Waals surface area contributed by atoms with Crippen molar-refractivity contribution in [2.75, 3.05) is 13.1 Å². The van der Waals surface area contributed by atoms with Crippen molar-refractivity contribution in [1.82, 2.24) is 19.7 Å². The van der Waals surface area contributed by atoms with Gasteiger partial charge in [-0.3, -0.25) is 4.79 Å². The summed E-state index contributed by atoms with van der Waals surface area (Å²) < 4.78 is 1.45. The number of hydrogen-bond donors (Lipinski definition) is 1. The van der Waals surface area contributed by atoms with E-state index in [9.17, 15) is 9.90 Å². The Hall–Kier alpha value is -1.63. The number of hydrogen-bond acceptors (Lipinski definition) is 4. The zero-order valence-electron chi connectivity index (χ0n) is 11.1. The third-order valence-corrected chi connectivity index (χ3v) is 3.87. The molecule has 8 heteroatoms. The van der Waals surface area contributed by atoms with E-state index in [1.165, 1.54) is 9.58 Å². The number of carbonyl (C=O) groups excluding carboxylic acids is 1. The minimum absolute atomic E-state index is 0.0652. The predicted molar refractivity (Wildman–Crippen MR) is 78.0 cm³/mol. The molecule has 0 aliphatic carbocycles. The van der Waals surface area contributed by atoms with Crippen LogP contribution in [-0.2, 0) is 0 Å². The maximum absolute atomic E-state index is 12.1. The van der Waals surface area contributed by atoms with E-state index in [0.29, 0.717) is 34.6 Å². The SMILES string of the molecule is Cc1nc(C(=O)N2CC(O)C2)nn1-c1c(Cl)cccc1Cl. The smallest absolute Gasteiger partial charge is 0.293 e. The van der Waals surface area contributed by atoms with E-state index in [4.69, 9.17) is 23.2 Å².